The number of nitriles is 1. The summed E-state index contributed by atoms with van der Waals surface area (Å²) in [5.41, 5.74) is 1.35. The molecule has 7 heteroatoms. The van der Waals surface area contributed by atoms with Crippen molar-refractivity contribution in [1.29, 1.82) is 5.26 Å². The van der Waals surface area contributed by atoms with E-state index in [1.165, 1.54) is 6.07 Å². The summed E-state index contributed by atoms with van der Waals surface area (Å²) in [6.45, 7) is 2.69. The van der Waals surface area contributed by atoms with Crippen LogP contribution in [0.2, 0.25) is 5.02 Å². The topological polar surface area (TPSA) is 91.2 Å². The van der Waals surface area contributed by atoms with Crippen molar-refractivity contribution < 1.29 is 14.3 Å². The maximum Gasteiger partial charge on any atom is 0.255 e. The molecule has 2 N–H and O–H groups in total. The quantitative estimate of drug-likeness (QED) is 0.677. The van der Waals surface area contributed by atoms with E-state index in [-0.39, 0.29) is 23.3 Å². The summed E-state index contributed by atoms with van der Waals surface area (Å²) in [4.78, 5) is 24.2. The highest BCUT2D eigenvalue weighted by Gasteiger charge is 2.11. The highest BCUT2D eigenvalue weighted by Crippen LogP contribution is 2.20. The Kier molecular flexibility index (Phi) is 7.65. The van der Waals surface area contributed by atoms with Gasteiger partial charge in [0, 0.05) is 18.7 Å². The van der Waals surface area contributed by atoms with Crippen molar-refractivity contribution in [3.8, 4) is 11.8 Å². The zero-order chi connectivity index (χ0) is 19.6. The van der Waals surface area contributed by atoms with Crippen molar-refractivity contribution in [1.82, 2.24) is 5.32 Å². The summed E-state index contributed by atoms with van der Waals surface area (Å²) in [5, 5.41) is 14.6. The molecule has 0 atom stereocenters. The molecule has 0 saturated carbocycles. The van der Waals surface area contributed by atoms with Crippen LogP contribution in [0.25, 0.3) is 0 Å². The third-order valence-corrected chi connectivity index (χ3v) is 3.98. The van der Waals surface area contributed by atoms with Crippen molar-refractivity contribution in [3.63, 3.8) is 0 Å². The molecule has 0 unspecified atom stereocenters. The summed E-state index contributed by atoms with van der Waals surface area (Å²) in [5.74, 6) is 0.103. The van der Waals surface area contributed by atoms with Crippen LogP contribution in [0, 0.1) is 11.3 Å². The second kappa shape index (κ2) is 10.2. The number of amides is 2. The van der Waals surface area contributed by atoms with Crippen LogP contribution < -0.4 is 15.4 Å². The van der Waals surface area contributed by atoms with Gasteiger partial charge in [-0.3, -0.25) is 9.59 Å². The van der Waals surface area contributed by atoms with Gasteiger partial charge in [0.2, 0.25) is 5.91 Å². The van der Waals surface area contributed by atoms with Gasteiger partial charge < -0.3 is 15.4 Å². The summed E-state index contributed by atoms with van der Waals surface area (Å²) in [6, 6.07) is 13.7. The van der Waals surface area contributed by atoms with Gasteiger partial charge in [0.1, 0.15) is 11.8 Å². The molecule has 2 aromatic carbocycles. The Labute approximate surface area is 163 Å². The average Bonchev–Trinajstić information content (AvgIpc) is 2.66. The zero-order valence-corrected chi connectivity index (χ0v) is 15.7. The van der Waals surface area contributed by atoms with Crippen molar-refractivity contribution in [2.45, 2.75) is 19.8 Å². The number of ether oxygens (including phenoxy) is 1. The molecule has 2 amide bonds. The first-order valence-corrected chi connectivity index (χ1v) is 8.92. The van der Waals surface area contributed by atoms with E-state index in [9.17, 15) is 9.59 Å². The number of carbonyl (C=O) groups is 2. The largest absolute Gasteiger partial charge is 0.493 e. The number of hydrogen-bond acceptors (Lipinski definition) is 4. The molecular formula is C20H20ClN3O3. The Hall–Kier alpha value is -3.04. The lowest BCUT2D eigenvalue weighted by Gasteiger charge is -2.10. The highest BCUT2D eigenvalue weighted by molar-refractivity contribution is 6.32. The smallest absolute Gasteiger partial charge is 0.255 e. The van der Waals surface area contributed by atoms with Crippen LogP contribution in [-0.4, -0.2) is 25.0 Å². The fourth-order valence-electron chi connectivity index (χ4n) is 2.39. The first kappa shape index (κ1) is 20.3. The van der Waals surface area contributed by atoms with E-state index >= 15 is 0 Å². The molecule has 0 aliphatic rings. The number of rotatable bonds is 8. The van der Waals surface area contributed by atoms with Gasteiger partial charge in [-0.1, -0.05) is 23.7 Å². The van der Waals surface area contributed by atoms with Crippen molar-refractivity contribution in [2.24, 2.45) is 0 Å². The van der Waals surface area contributed by atoms with Crippen LogP contribution in [0.15, 0.2) is 42.5 Å². The van der Waals surface area contributed by atoms with Crippen LogP contribution in [0.3, 0.4) is 0 Å². The average molecular weight is 386 g/mol. The van der Waals surface area contributed by atoms with Gasteiger partial charge >= 0.3 is 0 Å². The normalized spacial score (nSPS) is 9.96. The van der Waals surface area contributed by atoms with Crippen molar-refractivity contribution >= 4 is 29.1 Å². The molecule has 0 spiro atoms. The third-order valence-electron chi connectivity index (χ3n) is 3.67. The number of anilines is 1. The maximum atomic E-state index is 12.2. The fraction of sp³-hybridized carbons (Fsp3) is 0.250. The Morgan fingerprint density at radius 2 is 2.00 bits per heavy atom. The van der Waals surface area contributed by atoms with E-state index in [1.807, 2.05) is 19.1 Å². The molecule has 27 heavy (non-hydrogen) atoms. The minimum absolute atomic E-state index is 0.195. The van der Waals surface area contributed by atoms with E-state index in [1.54, 1.807) is 30.3 Å². The lowest BCUT2D eigenvalue weighted by molar-refractivity contribution is -0.116. The summed E-state index contributed by atoms with van der Waals surface area (Å²) < 4.78 is 5.44. The second-order valence-electron chi connectivity index (χ2n) is 5.64. The van der Waals surface area contributed by atoms with Gasteiger partial charge in [-0.25, -0.2) is 0 Å². The van der Waals surface area contributed by atoms with Gasteiger partial charge in [0.25, 0.3) is 5.91 Å². The Morgan fingerprint density at radius 1 is 1.22 bits per heavy atom. The molecule has 2 aromatic rings. The molecule has 0 fully saturated rings. The molecular weight excluding hydrogens is 366 g/mol. The molecule has 6 nitrogen and oxygen atoms in total. The first-order chi connectivity index (χ1) is 13.0. The minimum atomic E-state index is -0.238. The zero-order valence-electron chi connectivity index (χ0n) is 14.9. The standard InChI is InChI=1S/C20H20ClN3O3/c1-2-27-18-7-4-3-6-16(18)20(26)23-11-5-8-19(25)24-15-10-9-14(13-22)17(21)12-15/h3-4,6-7,9-10,12H,2,5,8,11H2,1H3,(H,23,26)(H,24,25). The van der Waals surface area contributed by atoms with Crippen molar-refractivity contribution in [2.75, 3.05) is 18.5 Å². The number of nitrogens with one attached hydrogen (secondary N) is 2. The maximum absolute atomic E-state index is 12.2. The highest BCUT2D eigenvalue weighted by atomic mass is 35.5. The molecule has 140 valence electrons. The first-order valence-electron chi connectivity index (χ1n) is 8.54. The Balaban J connectivity index is 1.78. The van der Waals surface area contributed by atoms with E-state index in [2.05, 4.69) is 10.6 Å². The molecule has 0 saturated heterocycles. The summed E-state index contributed by atoms with van der Waals surface area (Å²) >= 11 is 5.94. The van der Waals surface area contributed by atoms with E-state index in [0.29, 0.717) is 42.1 Å². The number of halogens is 1. The van der Waals surface area contributed by atoms with E-state index in [4.69, 9.17) is 21.6 Å². The lowest BCUT2D eigenvalue weighted by atomic mass is 10.2. The number of carbonyl (C=O) groups excluding carboxylic acids is 2. The molecule has 0 aliphatic carbocycles. The van der Waals surface area contributed by atoms with Gasteiger partial charge in [-0.15, -0.1) is 0 Å². The number of para-hydroxylation sites is 1. The minimum Gasteiger partial charge on any atom is -0.493 e. The van der Waals surface area contributed by atoms with Crippen molar-refractivity contribution in [3.05, 3.63) is 58.6 Å². The number of hydrogen-bond donors (Lipinski definition) is 2. The number of nitrogens with zero attached hydrogens (tertiary/aromatic N) is 1. The van der Waals surface area contributed by atoms with E-state index < -0.39 is 0 Å². The van der Waals surface area contributed by atoms with E-state index in [0.717, 1.165) is 0 Å². The Bertz CT molecular complexity index is 862. The molecule has 0 aliphatic heterocycles. The van der Waals surface area contributed by atoms with Crippen LogP contribution in [-0.2, 0) is 4.79 Å². The molecule has 0 bridgehead atoms. The predicted molar refractivity (Wildman–Crippen MR) is 104 cm³/mol. The molecule has 2 rings (SSSR count). The van der Waals surface area contributed by atoms with Crippen LogP contribution in [0.1, 0.15) is 35.7 Å². The van der Waals surface area contributed by atoms with Gasteiger partial charge in [-0.2, -0.15) is 5.26 Å². The van der Waals surface area contributed by atoms with Gasteiger partial charge in [-0.05, 0) is 43.7 Å². The van der Waals surface area contributed by atoms with Gasteiger partial charge in [0.05, 0.1) is 22.8 Å². The molecule has 0 aromatic heterocycles. The number of benzene rings is 2. The third kappa shape index (κ3) is 6.01. The van der Waals surface area contributed by atoms with Crippen LogP contribution >= 0.6 is 11.6 Å². The monoisotopic (exact) mass is 385 g/mol. The molecule has 0 heterocycles. The summed E-state index contributed by atoms with van der Waals surface area (Å²) in [6.07, 6.45) is 0.726. The second-order valence-corrected chi connectivity index (χ2v) is 6.05. The van der Waals surface area contributed by atoms with Crippen LogP contribution in [0.4, 0.5) is 5.69 Å². The fourth-order valence-corrected chi connectivity index (χ4v) is 2.61. The molecule has 0 radical (unpaired) electrons. The SMILES string of the molecule is CCOc1ccccc1C(=O)NCCCC(=O)Nc1ccc(C#N)c(Cl)c1. The Morgan fingerprint density at radius 3 is 2.70 bits per heavy atom. The van der Waals surface area contributed by atoms with Gasteiger partial charge in [0.15, 0.2) is 0 Å². The lowest BCUT2D eigenvalue weighted by Crippen LogP contribution is -2.26. The summed E-state index contributed by atoms with van der Waals surface area (Å²) in [7, 11) is 0. The van der Waals surface area contributed by atoms with Crippen LogP contribution in [0.5, 0.6) is 5.75 Å². The predicted octanol–water partition coefficient (Wildman–Crippen LogP) is 3.76.